The van der Waals surface area contributed by atoms with E-state index in [2.05, 4.69) is 15.9 Å². The molecule has 4 rings (SSSR count). The molecule has 0 fully saturated rings. The van der Waals surface area contributed by atoms with E-state index in [1.165, 1.54) is 0 Å². The molecule has 148 valence electrons. The van der Waals surface area contributed by atoms with E-state index in [0.717, 1.165) is 24.2 Å². The van der Waals surface area contributed by atoms with Crippen LogP contribution in [0, 0.1) is 0 Å². The number of rotatable bonds is 3. The molecule has 0 amide bonds. The van der Waals surface area contributed by atoms with Crippen LogP contribution in [-0.2, 0) is 9.59 Å². The van der Waals surface area contributed by atoms with Crippen molar-refractivity contribution in [2.75, 3.05) is 13.2 Å². The number of aliphatic hydroxyl groups excluding tert-OH is 1. The van der Waals surface area contributed by atoms with Gasteiger partial charge in [-0.05, 0) is 53.7 Å². The van der Waals surface area contributed by atoms with Crippen LogP contribution in [0.15, 0.2) is 39.1 Å². The van der Waals surface area contributed by atoms with Crippen molar-refractivity contribution in [1.82, 2.24) is 4.90 Å². The van der Waals surface area contributed by atoms with Crippen molar-refractivity contribution in [2.45, 2.75) is 44.4 Å². The van der Waals surface area contributed by atoms with Gasteiger partial charge in [0, 0.05) is 58.4 Å². The van der Waals surface area contributed by atoms with E-state index in [-0.39, 0.29) is 23.9 Å². The summed E-state index contributed by atoms with van der Waals surface area (Å²) in [4.78, 5) is 28.0. The molecule has 2 N–H and O–H groups in total. The first-order valence-electron chi connectivity index (χ1n) is 9.52. The smallest absolute Gasteiger partial charge is 0.161 e. The first-order valence-corrected chi connectivity index (χ1v) is 10.7. The summed E-state index contributed by atoms with van der Waals surface area (Å²) in [7, 11) is 0. The van der Waals surface area contributed by atoms with E-state index in [1.54, 1.807) is 12.1 Å². The van der Waals surface area contributed by atoms with Gasteiger partial charge in [0.05, 0.1) is 11.1 Å². The Morgan fingerprint density at radius 2 is 1.61 bits per heavy atom. The molecule has 3 aliphatic rings. The lowest BCUT2D eigenvalue weighted by Crippen LogP contribution is -2.40. The lowest BCUT2D eigenvalue weighted by atomic mass is 9.70. The molecule has 0 atom stereocenters. The highest BCUT2D eigenvalue weighted by atomic mass is 79.9. The van der Waals surface area contributed by atoms with E-state index < -0.39 is 5.92 Å². The van der Waals surface area contributed by atoms with Gasteiger partial charge in [0.25, 0.3) is 0 Å². The fourth-order valence-corrected chi connectivity index (χ4v) is 5.54. The monoisotopic (exact) mass is 465 g/mol. The highest BCUT2D eigenvalue weighted by Crippen LogP contribution is 2.51. The molecule has 0 saturated carbocycles. The average Bonchev–Trinajstić information content (AvgIpc) is 2.66. The summed E-state index contributed by atoms with van der Waals surface area (Å²) < 4.78 is 0.434. The number of nitrogens with zero attached hydrogens (tertiary/aromatic N) is 1. The molecule has 5 nitrogen and oxygen atoms in total. The number of ketones is 2. The number of aliphatic hydroxyl groups is 1. The third-order valence-corrected chi connectivity index (χ3v) is 6.60. The molecule has 28 heavy (non-hydrogen) atoms. The Morgan fingerprint density at radius 1 is 1.04 bits per heavy atom. The highest BCUT2D eigenvalue weighted by Gasteiger charge is 2.44. The van der Waals surface area contributed by atoms with Gasteiger partial charge in [-0.15, -0.1) is 0 Å². The van der Waals surface area contributed by atoms with Crippen LogP contribution in [-0.4, -0.2) is 39.8 Å². The lowest BCUT2D eigenvalue weighted by Gasteiger charge is -2.43. The maximum Gasteiger partial charge on any atom is 0.161 e. The number of phenols is 1. The van der Waals surface area contributed by atoms with Gasteiger partial charge < -0.3 is 15.1 Å². The molecular weight excluding hydrogens is 446 g/mol. The van der Waals surface area contributed by atoms with Gasteiger partial charge in [0.15, 0.2) is 11.6 Å². The highest BCUT2D eigenvalue weighted by molar-refractivity contribution is 9.10. The van der Waals surface area contributed by atoms with Crippen LogP contribution < -0.4 is 0 Å². The summed E-state index contributed by atoms with van der Waals surface area (Å²) in [5, 5.41) is 20.8. The second-order valence-electron chi connectivity index (χ2n) is 7.41. The second kappa shape index (κ2) is 7.65. The molecule has 1 aromatic carbocycles. The maximum atomic E-state index is 13.0. The number of β-amino-alcohol motifs (C(OH)–C–C–N with tert-alkyl or cyclic N) is 1. The van der Waals surface area contributed by atoms with Gasteiger partial charge in [-0.25, -0.2) is 0 Å². The zero-order valence-electron chi connectivity index (χ0n) is 15.3. The SMILES string of the molecule is O=C1CCCC2=C1C(c1cc(Cl)cc(Br)c1O)C1=C(CCCC1=O)N2CCO. The van der Waals surface area contributed by atoms with Crippen molar-refractivity contribution in [3.8, 4) is 5.75 Å². The number of phenolic OH excluding ortho intramolecular Hbond substituents is 1. The van der Waals surface area contributed by atoms with Gasteiger partial charge in [0.1, 0.15) is 5.75 Å². The number of allylic oxidation sites excluding steroid dienone is 4. The maximum absolute atomic E-state index is 13.0. The number of carbonyl (C=O) groups excluding carboxylic acids is 2. The predicted molar refractivity (Wildman–Crippen MR) is 109 cm³/mol. The second-order valence-corrected chi connectivity index (χ2v) is 8.70. The predicted octanol–water partition coefficient (Wildman–Crippen LogP) is 4.21. The number of hydrogen-bond acceptors (Lipinski definition) is 5. The van der Waals surface area contributed by atoms with Crippen molar-refractivity contribution >= 4 is 39.1 Å². The molecule has 1 heterocycles. The van der Waals surface area contributed by atoms with Crippen molar-refractivity contribution < 1.29 is 19.8 Å². The summed E-state index contributed by atoms with van der Waals surface area (Å²) in [6.45, 7) is 0.296. The van der Waals surface area contributed by atoms with Crippen molar-refractivity contribution in [3.05, 3.63) is 49.7 Å². The molecule has 2 aliphatic carbocycles. The Hall–Kier alpha value is -1.63. The molecule has 7 heteroatoms. The van der Waals surface area contributed by atoms with Crippen LogP contribution in [0.2, 0.25) is 5.02 Å². The molecule has 0 radical (unpaired) electrons. The normalized spacial score (nSPS) is 20.6. The number of carbonyl (C=O) groups is 2. The Balaban J connectivity index is 2.01. The number of hydrogen-bond donors (Lipinski definition) is 2. The minimum Gasteiger partial charge on any atom is -0.506 e. The standard InChI is InChI=1S/C21H21BrClNO4/c22-13-10-11(23)9-12(21(13)28)18-19-14(3-1-5-16(19)26)24(7-8-25)15-4-2-6-17(27)20(15)18/h9-10,18,25,28H,1-8H2. The molecule has 1 aromatic rings. The lowest BCUT2D eigenvalue weighted by molar-refractivity contribution is -0.117. The molecule has 0 aromatic heterocycles. The molecule has 1 aliphatic heterocycles. The van der Waals surface area contributed by atoms with Crippen molar-refractivity contribution in [2.24, 2.45) is 0 Å². The summed E-state index contributed by atoms with van der Waals surface area (Å²) in [5.74, 6) is -0.625. The number of halogens is 2. The Morgan fingerprint density at radius 3 is 2.14 bits per heavy atom. The molecule has 0 unspecified atom stereocenters. The van der Waals surface area contributed by atoms with E-state index in [1.807, 2.05) is 4.90 Å². The molecule has 0 saturated heterocycles. The topological polar surface area (TPSA) is 77.8 Å². The van der Waals surface area contributed by atoms with Gasteiger partial charge in [-0.1, -0.05) is 11.6 Å². The largest absolute Gasteiger partial charge is 0.506 e. The Kier molecular flexibility index (Phi) is 5.38. The Bertz CT molecular complexity index is 893. The fraction of sp³-hybridized carbons (Fsp3) is 0.429. The van der Waals surface area contributed by atoms with Crippen molar-refractivity contribution in [1.29, 1.82) is 0 Å². The first-order chi connectivity index (χ1) is 13.4. The van der Waals surface area contributed by atoms with Crippen LogP contribution >= 0.6 is 27.5 Å². The number of Topliss-reactive ketones (excluding diaryl/α,β-unsaturated/α-hetero) is 2. The van der Waals surface area contributed by atoms with Crippen molar-refractivity contribution in [3.63, 3.8) is 0 Å². The van der Waals surface area contributed by atoms with Crippen LogP contribution in [0.3, 0.4) is 0 Å². The van der Waals surface area contributed by atoms with Gasteiger partial charge in [0.2, 0.25) is 0 Å². The third-order valence-electron chi connectivity index (χ3n) is 5.78. The van der Waals surface area contributed by atoms with Crippen LogP contribution in [0.25, 0.3) is 0 Å². The summed E-state index contributed by atoms with van der Waals surface area (Å²) in [6, 6.07) is 3.24. The first kappa shape index (κ1) is 19.7. The van der Waals surface area contributed by atoms with E-state index in [4.69, 9.17) is 11.6 Å². The summed E-state index contributed by atoms with van der Waals surface area (Å²) in [5.41, 5.74) is 3.36. The Labute approximate surface area is 176 Å². The zero-order chi connectivity index (χ0) is 20.0. The fourth-order valence-electron chi connectivity index (χ4n) is 4.70. The van der Waals surface area contributed by atoms with E-state index in [9.17, 15) is 19.8 Å². The van der Waals surface area contributed by atoms with Gasteiger partial charge >= 0.3 is 0 Å². The molecular formula is C21H21BrClNO4. The summed E-state index contributed by atoms with van der Waals surface area (Å²) >= 11 is 9.58. The summed E-state index contributed by atoms with van der Waals surface area (Å²) in [6.07, 6.45) is 3.75. The van der Waals surface area contributed by atoms with Gasteiger partial charge in [-0.2, -0.15) is 0 Å². The molecule has 0 spiro atoms. The van der Waals surface area contributed by atoms with Crippen LogP contribution in [0.4, 0.5) is 0 Å². The number of benzene rings is 1. The number of aromatic hydroxyl groups is 1. The average molecular weight is 467 g/mol. The molecule has 0 bridgehead atoms. The van der Waals surface area contributed by atoms with Crippen LogP contribution in [0.5, 0.6) is 5.75 Å². The quantitative estimate of drug-likeness (QED) is 0.698. The van der Waals surface area contributed by atoms with Gasteiger partial charge in [-0.3, -0.25) is 9.59 Å². The van der Waals surface area contributed by atoms with E-state index >= 15 is 0 Å². The minimum absolute atomic E-state index is 0.000421. The van der Waals surface area contributed by atoms with Crippen LogP contribution in [0.1, 0.15) is 50.0 Å². The zero-order valence-corrected chi connectivity index (χ0v) is 17.6. The van der Waals surface area contributed by atoms with E-state index in [0.29, 0.717) is 58.4 Å². The third kappa shape index (κ3) is 3.11. The minimum atomic E-state index is -0.615.